The maximum atomic E-state index is 13.3. The summed E-state index contributed by atoms with van der Waals surface area (Å²) in [5.74, 6) is 1.24. The first-order valence-electron chi connectivity index (χ1n) is 20.6. The van der Waals surface area contributed by atoms with Gasteiger partial charge in [-0.15, -0.1) is 0 Å². The molecule has 2 amide bonds. The van der Waals surface area contributed by atoms with Gasteiger partial charge in [-0.1, -0.05) is 155 Å². The van der Waals surface area contributed by atoms with E-state index < -0.39 is 6.04 Å². The fourth-order valence-electron chi connectivity index (χ4n) is 6.70. The van der Waals surface area contributed by atoms with Gasteiger partial charge in [-0.3, -0.25) is 19.6 Å². The van der Waals surface area contributed by atoms with Gasteiger partial charge in [0.15, 0.2) is 0 Å². The van der Waals surface area contributed by atoms with Gasteiger partial charge in [-0.05, 0) is 70.8 Å². The minimum atomic E-state index is -0.631. The maximum absolute atomic E-state index is 13.3. The Morgan fingerprint density at radius 1 is 0.647 bits per heavy atom. The third kappa shape index (κ3) is 16.7. The molecule has 15 heteroatoms. The summed E-state index contributed by atoms with van der Waals surface area (Å²) in [4.78, 5) is 38.0. The van der Waals surface area contributed by atoms with Crippen LogP contribution >= 0.6 is 62.3 Å². The molecular formula is C53H55BrCl4KN4O5-. The number of likely N-dealkylation sites (N-methyl/N-ethyl adjacent to an activating group) is 2. The number of carbonyl (C=O) groups excluding carboxylic acids is 2. The molecule has 1 atom stereocenters. The van der Waals surface area contributed by atoms with Crippen LogP contribution in [0.1, 0.15) is 72.7 Å². The van der Waals surface area contributed by atoms with E-state index in [-0.39, 0.29) is 95.9 Å². The molecule has 2 aliphatic rings. The van der Waals surface area contributed by atoms with Gasteiger partial charge < -0.3 is 31.4 Å². The second kappa shape index (κ2) is 29.8. The number of aliphatic hydroxyl groups is 2. The number of anilines is 2. The first-order chi connectivity index (χ1) is 31.1. The first kappa shape index (κ1) is 60.9. The molecular weight excluding hydrogens is 1030 g/mol. The molecule has 0 aliphatic carbocycles. The topological polar surface area (TPSA) is 136 Å². The van der Waals surface area contributed by atoms with Crippen molar-refractivity contribution < 1.29 is 76.7 Å². The molecule has 6 aromatic rings. The van der Waals surface area contributed by atoms with Gasteiger partial charge in [0.05, 0.1) is 36.0 Å². The molecule has 354 valence electrons. The van der Waals surface area contributed by atoms with Crippen LogP contribution < -0.4 is 61.2 Å². The normalized spacial score (nSPS) is 13.6. The second-order valence-electron chi connectivity index (χ2n) is 15.6. The summed E-state index contributed by atoms with van der Waals surface area (Å²) in [6.45, 7) is 6.31. The molecule has 9 nitrogen and oxygen atoms in total. The molecule has 2 aliphatic heterocycles. The smallest absolute Gasteiger partial charge is 0.870 e. The Bertz CT molecular complexity index is 2650. The van der Waals surface area contributed by atoms with Gasteiger partial charge >= 0.3 is 51.4 Å². The molecule has 0 spiro atoms. The number of hydrogen-bond donors (Lipinski definition) is 2. The van der Waals surface area contributed by atoms with Crippen molar-refractivity contribution in [2.75, 3.05) is 30.4 Å². The van der Waals surface area contributed by atoms with Crippen LogP contribution in [0.25, 0.3) is 0 Å². The van der Waals surface area contributed by atoms with Crippen molar-refractivity contribution in [1.82, 2.24) is 0 Å². The predicted octanol–water partition coefficient (Wildman–Crippen LogP) is 9.88. The van der Waals surface area contributed by atoms with Gasteiger partial charge in [0.1, 0.15) is 12.6 Å². The summed E-state index contributed by atoms with van der Waals surface area (Å²) in [5.41, 5.74) is 9.96. The molecule has 68 heavy (non-hydrogen) atoms. The van der Waals surface area contributed by atoms with Crippen LogP contribution in [0.4, 0.5) is 11.4 Å². The Hall–Kier alpha value is -3.24. The second-order valence-corrected chi connectivity index (χ2v) is 17.8. The van der Waals surface area contributed by atoms with Crippen molar-refractivity contribution >= 4 is 96.9 Å². The Morgan fingerprint density at radius 2 is 1.07 bits per heavy atom. The van der Waals surface area contributed by atoms with Crippen LogP contribution in [-0.4, -0.2) is 65.6 Å². The quantitative estimate of drug-likeness (QED) is 0.0933. The van der Waals surface area contributed by atoms with E-state index in [1.807, 2.05) is 121 Å². The fourth-order valence-corrected chi connectivity index (χ4v) is 8.11. The molecule has 2 heterocycles. The van der Waals surface area contributed by atoms with Crippen molar-refractivity contribution in [2.24, 2.45) is 9.98 Å². The predicted molar refractivity (Wildman–Crippen MR) is 283 cm³/mol. The Balaban J connectivity index is 0.000000366. The van der Waals surface area contributed by atoms with Gasteiger partial charge in [0, 0.05) is 68.2 Å². The Kier molecular flexibility index (Phi) is 26.7. The van der Waals surface area contributed by atoms with Crippen molar-refractivity contribution in [2.45, 2.75) is 59.2 Å². The SMILES string of the molecule is C.CN1C(=O)C(Cc2ccccc2Cl)N=C(c2ccc(CO)cc2)c2cc(Cl)ccc21.CN1C(=O)CN=C(c2ccc(CO)cc2)c2cc(Cl)ccc21.C[C-](C)C.Clc1ccccc1CBr.[K+].[OH-]. The Morgan fingerprint density at radius 3 is 1.51 bits per heavy atom. The number of carbonyl (C=O) groups is 2. The first-order valence-corrected chi connectivity index (χ1v) is 23.2. The summed E-state index contributed by atoms with van der Waals surface area (Å²) in [6.07, 6.45) is 0.392. The third-order valence-corrected chi connectivity index (χ3v) is 11.9. The molecule has 0 radical (unpaired) electrons. The van der Waals surface area contributed by atoms with Crippen LogP contribution in [-0.2, 0) is 34.6 Å². The number of fused-ring (bicyclic) bond motifs is 2. The van der Waals surface area contributed by atoms with Gasteiger partial charge in [0.2, 0.25) is 5.91 Å². The van der Waals surface area contributed by atoms with E-state index in [1.165, 1.54) is 5.92 Å². The monoisotopic (exact) mass is 1090 g/mol. The Labute approximate surface area is 472 Å². The van der Waals surface area contributed by atoms with Crippen LogP contribution in [0.2, 0.25) is 20.1 Å². The van der Waals surface area contributed by atoms with Crippen molar-refractivity contribution in [3.05, 3.63) is 204 Å². The minimum absolute atomic E-state index is 0. The fraction of sp³-hybridized carbons (Fsp3) is 0.226. The maximum Gasteiger partial charge on any atom is 1.00 e. The largest absolute Gasteiger partial charge is 1.00 e. The molecule has 8 rings (SSSR count). The van der Waals surface area contributed by atoms with Crippen LogP contribution in [0, 0.1) is 5.92 Å². The standard InChI is InChI=1S/C24H20Cl2N2O2.C17H15ClN2O2.C7H6BrCl.C4H9.CH4.K.H2O/c1-28-22-11-10-18(25)13-19(22)23(16-8-6-15(14-29)7-9-16)27-21(24(28)30)12-17-4-2-3-5-20(17)26;1-20-15-7-6-13(18)8-14(15)17(19-9-16(20)22)12-4-2-11(10-21)3-5-12;8-5-6-3-1-2-4-7(6)9;1-4(2)3;;;/h2-11,13,21,29H,12,14H2,1H3;2-8,21H,9-10H2,1H3;1-4H,5H2;1-3H3;1H4;;1H2/q;;;-1;;+1;/p-1. The van der Waals surface area contributed by atoms with E-state index in [9.17, 15) is 14.7 Å². The molecule has 3 N–H and O–H groups in total. The van der Waals surface area contributed by atoms with Gasteiger partial charge in [-0.2, -0.15) is 20.8 Å². The van der Waals surface area contributed by atoms with Crippen LogP contribution in [0.15, 0.2) is 143 Å². The summed E-state index contributed by atoms with van der Waals surface area (Å²) >= 11 is 27.9. The number of alkyl halides is 1. The van der Waals surface area contributed by atoms with E-state index >= 15 is 0 Å². The number of nitrogens with zero attached hydrogens (tertiary/aromatic N) is 4. The van der Waals surface area contributed by atoms with Gasteiger partial charge in [-0.25, -0.2) is 0 Å². The summed E-state index contributed by atoms with van der Waals surface area (Å²) < 4.78 is 0. The number of aliphatic hydroxyl groups excluding tert-OH is 2. The minimum Gasteiger partial charge on any atom is -0.870 e. The zero-order chi connectivity index (χ0) is 47.2. The van der Waals surface area contributed by atoms with Crippen molar-refractivity contribution in [1.29, 1.82) is 0 Å². The zero-order valence-corrected chi connectivity index (χ0v) is 45.9. The van der Waals surface area contributed by atoms with E-state index in [4.69, 9.17) is 56.5 Å². The third-order valence-electron chi connectivity index (χ3n) is 10.1. The van der Waals surface area contributed by atoms with E-state index in [0.717, 1.165) is 71.9 Å². The van der Waals surface area contributed by atoms with E-state index in [0.29, 0.717) is 27.2 Å². The van der Waals surface area contributed by atoms with Crippen LogP contribution in [0.3, 0.4) is 0 Å². The summed E-state index contributed by atoms with van der Waals surface area (Å²) in [7, 11) is 3.49. The van der Waals surface area contributed by atoms with Gasteiger partial charge in [0.25, 0.3) is 5.91 Å². The molecule has 0 saturated carbocycles. The summed E-state index contributed by atoms with van der Waals surface area (Å²) in [6, 6.07) is 40.5. The van der Waals surface area contributed by atoms with Crippen molar-refractivity contribution in [3.8, 4) is 0 Å². The zero-order valence-electron chi connectivity index (χ0n) is 38.2. The molecule has 0 aromatic heterocycles. The van der Waals surface area contributed by atoms with E-state index in [2.05, 4.69) is 41.7 Å². The average molecular weight is 1090 g/mol. The number of benzene rings is 6. The van der Waals surface area contributed by atoms with Crippen molar-refractivity contribution in [3.63, 3.8) is 0 Å². The molecule has 6 aromatic carbocycles. The average Bonchev–Trinajstić information content (AvgIpc) is 3.49. The number of rotatable bonds is 7. The van der Waals surface area contributed by atoms with E-state index in [1.54, 1.807) is 36.0 Å². The number of halogens is 5. The molecule has 0 saturated heterocycles. The number of aliphatic imine (C=N–C) groups is 2. The summed E-state index contributed by atoms with van der Waals surface area (Å²) in [5, 5.41) is 22.0. The van der Waals surface area contributed by atoms with Crippen LogP contribution in [0.5, 0.6) is 0 Å². The molecule has 0 fully saturated rings. The number of benzodiazepines with no additional fused rings is 2. The molecule has 1 unspecified atom stereocenters. The number of hydrogen-bond acceptors (Lipinski definition) is 7. The molecule has 0 bridgehead atoms. The number of amides is 2.